The molecular formula is C23H27N3O4S. The third kappa shape index (κ3) is 3.83. The highest BCUT2D eigenvalue weighted by Gasteiger charge is 2.47. The number of carbonyl (C=O) groups is 1. The van der Waals surface area contributed by atoms with E-state index in [0.29, 0.717) is 29.3 Å². The van der Waals surface area contributed by atoms with Crippen LogP contribution in [0, 0.1) is 0 Å². The Hall–Kier alpha value is -2.45. The van der Waals surface area contributed by atoms with Gasteiger partial charge in [-0.25, -0.2) is 8.42 Å². The molecule has 2 bridgehead atoms. The van der Waals surface area contributed by atoms with E-state index in [4.69, 9.17) is 4.52 Å². The van der Waals surface area contributed by atoms with Crippen LogP contribution in [0.4, 0.5) is 0 Å². The van der Waals surface area contributed by atoms with Gasteiger partial charge < -0.3 is 9.84 Å². The van der Waals surface area contributed by atoms with Crippen LogP contribution in [0.3, 0.4) is 0 Å². The van der Waals surface area contributed by atoms with Crippen LogP contribution >= 0.6 is 0 Å². The van der Waals surface area contributed by atoms with Crippen molar-refractivity contribution in [1.82, 2.24) is 14.8 Å². The summed E-state index contributed by atoms with van der Waals surface area (Å²) in [5, 5.41) is 6.96. The molecule has 3 atom stereocenters. The van der Waals surface area contributed by atoms with Crippen molar-refractivity contribution < 1.29 is 17.7 Å². The lowest BCUT2D eigenvalue weighted by molar-refractivity contribution is 0.0900. The molecule has 2 aromatic rings. The Bertz CT molecular complexity index is 1100. The topological polar surface area (TPSA) is 92.5 Å². The third-order valence-electron chi connectivity index (χ3n) is 6.66. The zero-order valence-electron chi connectivity index (χ0n) is 17.6. The molecule has 1 saturated carbocycles. The monoisotopic (exact) mass is 441 g/mol. The Kier molecular flexibility index (Phi) is 5.01. The average molecular weight is 442 g/mol. The van der Waals surface area contributed by atoms with E-state index in [9.17, 15) is 13.2 Å². The van der Waals surface area contributed by atoms with Crippen LogP contribution in [0.2, 0.25) is 0 Å². The first-order chi connectivity index (χ1) is 14.8. The van der Waals surface area contributed by atoms with Crippen molar-refractivity contribution in [2.75, 3.05) is 0 Å². The Balaban J connectivity index is 1.27. The molecule has 1 aromatic carbocycles. The van der Waals surface area contributed by atoms with Gasteiger partial charge in [-0.05, 0) is 63.1 Å². The van der Waals surface area contributed by atoms with Crippen molar-refractivity contribution in [3.05, 3.63) is 53.9 Å². The molecule has 8 heteroatoms. The number of benzene rings is 1. The van der Waals surface area contributed by atoms with E-state index < -0.39 is 10.0 Å². The number of aromatic nitrogens is 1. The fourth-order valence-corrected chi connectivity index (χ4v) is 6.78. The second-order valence-corrected chi connectivity index (χ2v) is 10.9. The van der Waals surface area contributed by atoms with E-state index in [-0.39, 0.29) is 24.0 Å². The molecule has 3 fully saturated rings. The van der Waals surface area contributed by atoms with Gasteiger partial charge in [-0.1, -0.05) is 29.4 Å². The van der Waals surface area contributed by atoms with Gasteiger partial charge in [0.25, 0.3) is 5.91 Å². The van der Waals surface area contributed by atoms with Crippen LogP contribution in [-0.2, 0) is 10.0 Å². The number of nitrogens with zero attached hydrogens (tertiary/aromatic N) is 2. The van der Waals surface area contributed by atoms with Gasteiger partial charge in [0, 0.05) is 30.1 Å². The molecule has 1 aromatic heterocycles. The standard InChI is InChI=1S/C23H27N3O4S/c1-14(2)15-5-9-20(10-6-15)31(28,29)26-18-7-8-19(26)12-17(11-18)24-23(27)21-13-22(30-25-21)16-3-4-16/h5-6,9-10,13,16-19H,1,3-4,7-8,11-12H2,2H3,(H,24,27)/t17-,18+,19-. The van der Waals surface area contributed by atoms with Crippen LogP contribution in [0.15, 0.2) is 46.3 Å². The number of fused-ring (bicyclic) bond motifs is 2. The first kappa shape index (κ1) is 20.5. The summed E-state index contributed by atoms with van der Waals surface area (Å²) in [6.07, 6.45) is 5.02. The summed E-state index contributed by atoms with van der Waals surface area (Å²) < 4.78 is 33.6. The lowest BCUT2D eigenvalue weighted by Crippen LogP contribution is -2.52. The van der Waals surface area contributed by atoms with Crippen LogP contribution in [-0.4, -0.2) is 41.9 Å². The second kappa shape index (κ2) is 7.60. The summed E-state index contributed by atoms with van der Waals surface area (Å²) >= 11 is 0. The number of hydrogen-bond donors (Lipinski definition) is 1. The maximum absolute atomic E-state index is 13.3. The zero-order chi connectivity index (χ0) is 21.8. The van der Waals surface area contributed by atoms with Crippen molar-refractivity contribution in [3.63, 3.8) is 0 Å². The first-order valence-corrected chi connectivity index (χ1v) is 12.3. The molecule has 2 aliphatic heterocycles. The number of rotatable bonds is 6. The molecule has 0 unspecified atom stereocenters. The number of nitrogens with one attached hydrogen (secondary N) is 1. The van der Waals surface area contributed by atoms with Gasteiger partial charge in [0.1, 0.15) is 5.76 Å². The summed E-state index contributed by atoms with van der Waals surface area (Å²) in [4.78, 5) is 12.9. The molecule has 1 aliphatic carbocycles. The molecule has 5 rings (SSSR count). The van der Waals surface area contributed by atoms with Crippen molar-refractivity contribution in [2.45, 2.75) is 74.4 Å². The number of allylic oxidation sites excluding steroid dienone is 1. The molecule has 7 nitrogen and oxygen atoms in total. The first-order valence-electron chi connectivity index (χ1n) is 10.9. The number of carbonyl (C=O) groups excluding carboxylic acids is 1. The van der Waals surface area contributed by atoms with Gasteiger partial charge in [-0.3, -0.25) is 4.79 Å². The smallest absolute Gasteiger partial charge is 0.273 e. The van der Waals surface area contributed by atoms with Gasteiger partial charge in [0.15, 0.2) is 5.69 Å². The van der Waals surface area contributed by atoms with E-state index in [0.717, 1.165) is 42.6 Å². The van der Waals surface area contributed by atoms with Gasteiger partial charge in [0.2, 0.25) is 10.0 Å². The third-order valence-corrected chi connectivity index (χ3v) is 8.68. The molecule has 0 radical (unpaired) electrons. The fourth-order valence-electron chi connectivity index (χ4n) is 4.89. The van der Waals surface area contributed by atoms with Crippen LogP contribution < -0.4 is 5.32 Å². The van der Waals surface area contributed by atoms with E-state index in [1.807, 2.05) is 6.92 Å². The number of sulfonamides is 1. The minimum Gasteiger partial charge on any atom is -0.360 e. The quantitative estimate of drug-likeness (QED) is 0.738. The van der Waals surface area contributed by atoms with Crippen LogP contribution in [0.1, 0.15) is 73.2 Å². The lowest BCUT2D eigenvalue weighted by Gasteiger charge is -2.38. The zero-order valence-corrected chi connectivity index (χ0v) is 18.4. The Morgan fingerprint density at radius 2 is 1.77 bits per heavy atom. The van der Waals surface area contributed by atoms with Gasteiger partial charge in [-0.2, -0.15) is 4.31 Å². The van der Waals surface area contributed by atoms with Crippen molar-refractivity contribution in [3.8, 4) is 0 Å². The minimum absolute atomic E-state index is 0.0664. The predicted octanol–water partition coefficient (Wildman–Crippen LogP) is 3.70. The second-order valence-electron chi connectivity index (χ2n) is 9.06. The van der Waals surface area contributed by atoms with Crippen molar-refractivity contribution >= 4 is 21.5 Å². The van der Waals surface area contributed by atoms with Crippen molar-refractivity contribution in [1.29, 1.82) is 0 Å². The van der Waals surface area contributed by atoms with Crippen LogP contribution in [0.5, 0.6) is 0 Å². The number of piperidine rings is 1. The largest absolute Gasteiger partial charge is 0.360 e. The molecule has 0 spiro atoms. The molecule has 164 valence electrons. The Morgan fingerprint density at radius 1 is 1.13 bits per heavy atom. The Morgan fingerprint density at radius 3 is 2.35 bits per heavy atom. The summed E-state index contributed by atoms with van der Waals surface area (Å²) in [7, 11) is -3.58. The highest BCUT2D eigenvalue weighted by atomic mass is 32.2. The maximum atomic E-state index is 13.3. The Labute approximate surface area is 182 Å². The van der Waals surface area contributed by atoms with Crippen molar-refractivity contribution in [2.24, 2.45) is 0 Å². The number of hydrogen-bond acceptors (Lipinski definition) is 5. The molecular weight excluding hydrogens is 414 g/mol. The number of amides is 1. The molecule has 3 heterocycles. The summed E-state index contributed by atoms with van der Waals surface area (Å²) in [6.45, 7) is 5.80. The van der Waals surface area contributed by atoms with E-state index in [1.54, 1.807) is 34.6 Å². The average Bonchev–Trinajstić information content (AvgIpc) is 3.40. The maximum Gasteiger partial charge on any atom is 0.273 e. The minimum atomic E-state index is -3.58. The van der Waals surface area contributed by atoms with E-state index >= 15 is 0 Å². The predicted molar refractivity (Wildman–Crippen MR) is 116 cm³/mol. The molecule has 31 heavy (non-hydrogen) atoms. The normalized spacial score (nSPS) is 26.0. The molecule has 3 aliphatic rings. The lowest BCUT2D eigenvalue weighted by atomic mass is 9.99. The van der Waals surface area contributed by atoms with Gasteiger partial charge >= 0.3 is 0 Å². The van der Waals surface area contributed by atoms with E-state index in [2.05, 4.69) is 17.1 Å². The molecule has 2 saturated heterocycles. The van der Waals surface area contributed by atoms with Gasteiger partial charge in [0.05, 0.1) is 4.90 Å². The SMILES string of the molecule is C=C(C)c1ccc(S(=O)(=O)N2[C@@H]3CC[C@H]2C[C@@H](NC(=O)c2cc(C4CC4)on2)C3)cc1. The van der Waals surface area contributed by atoms with Gasteiger partial charge in [-0.15, -0.1) is 0 Å². The van der Waals surface area contributed by atoms with Crippen LogP contribution in [0.25, 0.3) is 5.57 Å². The summed E-state index contributed by atoms with van der Waals surface area (Å²) in [5.41, 5.74) is 2.14. The summed E-state index contributed by atoms with van der Waals surface area (Å²) in [5.74, 6) is 0.943. The molecule has 1 N–H and O–H groups in total. The highest BCUT2D eigenvalue weighted by Crippen LogP contribution is 2.41. The van der Waals surface area contributed by atoms with E-state index in [1.165, 1.54) is 0 Å². The summed E-state index contributed by atoms with van der Waals surface area (Å²) in [6, 6.07) is 8.39. The fraction of sp³-hybridized carbons (Fsp3) is 0.478. The highest BCUT2D eigenvalue weighted by molar-refractivity contribution is 7.89. The molecule has 1 amide bonds.